The maximum absolute atomic E-state index is 12.8. The normalized spacial score (nSPS) is 12.4. The van der Waals surface area contributed by atoms with Crippen LogP contribution in [0.15, 0.2) is 22.7 Å². The van der Waals surface area contributed by atoms with Crippen molar-refractivity contribution < 1.29 is 21.2 Å². The van der Waals surface area contributed by atoms with Crippen LogP contribution in [0.25, 0.3) is 0 Å². The molecule has 0 atom stereocenters. The van der Waals surface area contributed by atoms with E-state index in [-0.39, 0.29) is 15.9 Å². The third-order valence-electron chi connectivity index (χ3n) is 2.30. The second-order valence-corrected chi connectivity index (χ2v) is 8.95. The molecule has 108 valence electrons. The standard InChI is InChI=1S/C10H13BrFNO4S2/c1-2-18(14,15)5-6-19(16,17)13-10-4-3-8(12)7-9(10)11/h3-4,7,13H,2,5-6H2,1H3. The molecule has 1 N–H and O–H groups in total. The summed E-state index contributed by atoms with van der Waals surface area (Å²) in [6.45, 7) is 1.45. The number of halogens is 2. The predicted molar refractivity (Wildman–Crippen MR) is 75.8 cm³/mol. The van der Waals surface area contributed by atoms with E-state index in [2.05, 4.69) is 20.7 Å². The van der Waals surface area contributed by atoms with Crippen LogP contribution in [0.3, 0.4) is 0 Å². The molecule has 1 aromatic carbocycles. The lowest BCUT2D eigenvalue weighted by molar-refractivity contribution is 0.590. The third kappa shape index (κ3) is 5.45. The van der Waals surface area contributed by atoms with Crippen molar-refractivity contribution in [3.63, 3.8) is 0 Å². The molecule has 0 saturated carbocycles. The highest BCUT2D eigenvalue weighted by Crippen LogP contribution is 2.24. The molecule has 0 unspecified atom stereocenters. The minimum absolute atomic E-state index is 0.108. The minimum Gasteiger partial charge on any atom is -0.282 e. The highest BCUT2D eigenvalue weighted by molar-refractivity contribution is 9.10. The number of hydrogen-bond donors (Lipinski definition) is 1. The molecule has 0 aliphatic heterocycles. The number of sulfone groups is 1. The summed E-state index contributed by atoms with van der Waals surface area (Å²) in [7, 11) is -7.15. The van der Waals surface area contributed by atoms with Gasteiger partial charge in [-0.05, 0) is 34.1 Å². The second kappa shape index (κ2) is 6.19. The van der Waals surface area contributed by atoms with Crippen LogP contribution in [0.4, 0.5) is 10.1 Å². The van der Waals surface area contributed by atoms with Crippen LogP contribution in [0.2, 0.25) is 0 Å². The fraction of sp³-hybridized carbons (Fsp3) is 0.400. The fourth-order valence-electron chi connectivity index (χ4n) is 1.17. The molecule has 0 amide bonds. The number of anilines is 1. The van der Waals surface area contributed by atoms with Crippen molar-refractivity contribution in [3.8, 4) is 0 Å². The summed E-state index contributed by atoms with van der Waals surface area (Å²) < 4.78 is 61.2. The van der Waals surface area contributed by atoms with E-state index in [9.17, 15) is 21.2 Å². The summed E-state index contributed by atoms with van der Waals surface area (Å²) in [4.78, 5) is 0. The van der Waals surface area contributed by atoms with Gasteiger partial charge in [0.1, 0.15) is 5.82 Å². The van der Waals surface area contributed by atoms with Gasteiger partial charge in [0.15, 0.2) is 9.84 Å². The van der Waals surface area contributed by atoms with E-state index in [1.54, 1.807) is 0 Å². The third-order valence-corrected chi connectivity index (χ3v) is 6.19. The quantitative estimate of drug-likeness (QED) is 0.823. The van der Waals surface area contributed by atoms with E-state index < -0.39 is 37.2 Å². The van der Waals surface area contributed by atoms with Gasteiger partial charge in [-0.1, -0.05) is 6.92 Å². The Labute approximate surface area is 120 Å². The number of sulfonamides is 1. The van der Waals surface area contributed by atoms with Gasteiger partial charge < -0.3 is 0 Å². The Balaban J connectivity index is 2.80. The first-order valence-corrected chi connectivity index (χ1v) is 9.58. The van der Waals surface area contributed by atoms with Crippen molar-refractivity contribution in [2.75, 3.05) is 22.0 Å². The van der Waals surface area contributed by atoms with Crippen LogP contribution in [-0.2, 0) is 19.9 Å². The van der Waals surface area contributed by atoms with Gasteiger partial charge in [0.25, 0.3) is 0 Å². The molecule has 0 aliphatic carbocycles. The van der Waals surface area contributed by atoms with E-state index in [4.69, 9.17) is 0 Å². The Morgan fingerprint density at radius 2 is 1.84 bits per heavy atom. The van der Waals surface area contributed by atoms with Crippen molar-refractivity contribution >= 4 is 41.5 Å². The van der Waals surface area contributed by atoms with E-state index in [1.807, 2.05) is 0 Å². The first-order chi connectivity index (χ1) is 8.65. The molecule has 0 saturated heterocycles. The summed E-state index contributed by atoms with van der Waals surface area (Å²) in [5, 5.41) is 0. The summed E-state index contributed by atoms with van der Waals surface area (Å²) in [5.41, 5.74) is 0.162. The summed E-state index contributed by atoms with van der Waals surface area (Å²) in [6.07, 6.45) is 0. The van der Waals surface area contributed by atoms with Crippen LogP contribution in [-0.4, -0.2) is 34.1 Å². The first-order valence-electron chi connectivity index (χ1n) is 5.31. The fourth-order valence-corrected chi connectivity index (χ4v) is 4.55. The minimum atomic E-state index is -3.79. The number of hydrogen-bond acceptors (Lipinski definition) is 4. The molecular weight excluding hydrogens is 361 g/mol. The van der Waals surface area contributed by atoms with E-state index in [0.29, 0.717) is 0 Å². The van der Waals surface area contributed by atoms with Gasteiger partial charge in [0.2, 0.25) is 10.0 Å². The zero-order valence-electron chi connectivity index (χ0n) is 10.1. The Bertz CT molecular complexity index is 658. The monoisotopic (exact) mass is 373 g/mol. The summed E-state index contributed by atoms with van der Waals surface area (Å²) in [5.74, 6) is -1.60. The molecule has 0 fully saturated rings. The largest absolute Gasteiger partial charge is 0.282 e. The molecule has 0 bridgehead atoms. The Morgan fingerprint density at radius 1 is 1.21 bits per heavy atom. The average Bonchev–Trinajstić information content (AvgIpc) is 2.31. The number of rotatable bonds is 6. The molecule has 1 rings (SSSR count). The van der Waals surface area contributed by atoms with Gasteiger partial charge in [-0.3, -0.25) is 4.72 Å². The second-order valence-electron chi connectivity index (χ2n) is 3.78. The number of benzene rings is 1. The SMILES string of the molecule is CCS(=O)(=O)CCS(=O)(=O)Nc1ccc(F)cc1Br. The number of nitrogens with one attached hydrogen (secondary N) is 1. The van der Waals surface area contributed by atoms with E-state index in [0.717, 1.165) is 12.1 Å². The van der Waals surface area contributed by atoms with Crippen LogP contribution in [0.1, 0.15) is 6.92 Å². The van der Waals surface area contributed by atoms with Gasteiger partial charge in [-0.15, -0.1) is 0 Å². The molecule has 9 heteroatoms. The molecule has 0 radical (unpaired) electrons. The lowest BCUT2D eigenvalue weighted by Crippen LogP contribution is -2.23. The Kier molecular flexibility index (Phi) is 5.34. The molecule has 1 aromatic rings. The molecule has 0 spiro atoms. The lowest BCUT2D eigenvalue weighted by atomic mass is 10.3. The zero-order chi connectivity index (χ0) is 14.7. The van der Waals surface area contributed by atoms with Gasteiger partial charge in [-0.2, -0.15) is 0 Å². The Morgan fingerprint density at radius 3 is 2.37 bits per heavy atom. The molecule has 5 nitrogen and oxygen atoms in total. The van der Waals surface area contributed by atoms with Crippen molar-refractivity contribution in [3.05, 3.63) is 28.5 Å². The van der Waals surface area contributed by atoms with E-state index >= 15 is 0 Å². The maximum Gasteiger partial charge on any atom is 0.233 e. The van der Waals surface area contributed by atoms with Crippen LogP contribution in [0, 0.1) is 5.82 Å². The van der Waals surface area contributed by atoms with E-state index in [1.165, 1.54) is 13.0 Å². The van der Waals surface area contributed by atoms with Crippen LogP contribution >= 0.6 is 15.9 Å². The summed E-state index contributed by atoms with van der Waals surface area (Å²) >= 11 is 3.02. The molecular formula is C10H13BrFNO4S2. The maximum atomic E-state index is 12.8. The van der Waals surface area contributed by atoms with Gasteiger partial charge >= 0.3 is 0 Å². The highest BCUT2D eigenvalue weighted by atomic mass is 79.9. The average molecular weight is 374 g/mol. The highest BCUT2D eigenvalue weighted by Gasteiger charge is 2.17. The molecule has 0 aromatic heterocycles. The molecule has 0 heterocycles. The van der Waals surface area contributed by atoms with Gasteiger partial charge in [-0.25, -0.2) is 21.2 Å². The summed E-state index contributed by atoms with van der Waals surface area (Å²) in [6, 6.07) is 3.47. The topological polar surface area (TPSA) is 80.3 Å². The van der Waals surface area contributed by atoms with Gasteiger partial charge in [0, 0.05) is 10.2 Å². The predicted octanol–water partition coefficient (Wildman–Crippen LogP) is 1.76. The van der Waals surface area contributed by atoms with Crippen molar-refractivity contribution in [1.82, 2.24) is 0 Å². The van der Waals surface area contributed by atoms with Gasteiger partial charge in [0.05, 0.1) is 17.2 Å². The Hall–Kier alpha value is -0.670. The smallest absolute Gasteiger partial charge is 0.233 e. The molecule has 0 aliphatic rings. The van der Waals surface area contributed by atoms with Crippen molar-refractivity contribution in [2.24, 2.45) is 0 Å². The van der Waals surface area contributed by atoms with Crippen molar-refractivity contribution in [1.29, 1.82) is 0 Å². The van der Waals surface area contributed by atoms with Crippen LogP contribution in [0.5, 0.6) is 0 Å². The lowest BCUT2D eigenvalue weighted by Gasteiger charge is -2.09. The van der Waals surface area contributed by atoms with Crippen LogP contribution < -0.4 is 4.72 Å². The van der Waals surface area contributed by atoms with Crippen molar-refractivity contribution in [2.45, 2.75) is 6.92 Å². The zero-order valence-corrected chi connectivity index (χ0v) is 13.3. The first kappa shape index (κ1) is 16.4. The molecule has 19 heavy (non-hydrogen) atoms.